The van der Waals surface area contributed by atoms with Crippen LogP contribution < -0.4 is 0 Å². The van der Waals surface area contributed by atoms with Gasteiger partial charge in [-0.2, -0.15) is 0 Å². The molecule has 0 saturated carbocycles. The number of benzene rings is 1. The van der Waals surface area contributed by atoms with Gasteiger partial charge in [0, 0.05) is 20.1 Å². The smallest absolute Gasteiger partial charge is 0.410 e. The van der Waals surface area contributed by atoms with E-state index in [-0.39, 0.29) is 13.0 Å². The SMILES string of the molecule is C=CCC(C(=O)O)C(C(=O)N1CCOCC1)N(C)C(=O)OCc1ccccc1. The van der Waals surface area contributed by atoms with E-state index in [0.29, 0.717) is 26.3 Å². The minimum absolute atomic E-state index is 0.0294. The van der Waals surface area contributed by atoms with Gasteiger partial charge in [-0.3, -0.25) is 14.5 Å². The van der Waals surface area contributed by atoms with Crippen LogP contribution in [0.15, 0.2) is 43.0 Å². The van der Waals surface area contributed by atoms with E-state index < -0.39 is 29.9 Å². The summed E-state index contributed by atoms with van der Waals surface area (Å²) in [7, 11) is 1.38. The van der Waals surface area contributed by atoms with Crippen molar-refractivity contribution in [3.05, 3.63) is 48.6 Å². The third-order valence-corrected chi connectivity index (χ3v) is 4.61. The number of morpholine rings is 1. The molecule has 0 spiro atoms. The van der Waals surface area contributed by atoms with E-state index >= 15 is 0 Å². The molecular formula is C20H26N2O6. The molecule has 2 atom stereocenters. The zero-order chi connectivity index (χ0) is 20.5. The van der Waals surface area contributed by atoms with E-state index in [4.69, 9.17) is 9.47 Å². The zero-order valence-corrected chi connectivity index (χ0v) is 16.0. The first-order chi connectivity index (χ1) is 13.5. The van der Waals surface area contributed by atoms with E-state index in [0.717, 1.165) is 10.5 Å². The molecule has 2 rings (SSSR count). The maximum Gasteiger partial charge on any atom is 0.410 e. The molecule has 1 N–H and O–H groups in total. The van der Waals surface area contributed by atoms with Crippen molar-refractivity contribution in [2.75, 3.05) is 33.4 Å². The summed E-state index contributed by atoms with van der Waals surface area (Å²) in [5.74, 6) is -2.73. The second-order valence-corrected chi connectivity index (χ2v) is 6.50. The molecule has 2 unspecified atom stereocenters. The molecule has 2 amide bonds. The Bertz CT molecular complexity index is 687. The number of amides is 2. The van der Waals surface area contributed by atoms with Crippen molar-refractivity contribution in [1.29, 1.82) is 0 Å². The van der Waals surface area contributed by atoms with Crippen LogP contribution in [-0.2, 0) is 25.7 Å². The van der Waals surface area contributed by atoms with E-state index in [1.165, 1.54) is 18.0 Å². The second-order valence-electron chi connectivity index (χ2n) is 6.50. The molecule has 0 bridgehead atoms. The molecule has 0 radical (unpaired) electrons. The average molecular weight is 390 g/mol. The predicted octanol–water partition coefficient (Wildman–Crippen LogP) is 1.76. The standard InChI is InChI=1S/C20H26N2O6/c1-3-7-16(19(24)25)17(18(23)22-10-12-27-13-11-22)21(2)20(26)28-14-15-8-5-4-6-9-15/h3-6,8-9,16-17H,1,7,10-14H2,2H3,(H,24,25). The van der Waals surface area contributed by atoms with Crippen molar-refractivity contribution in [2.45, 2.75) is 19.1 Å². The van der Waals surface area contributed by atoms with Crippen molar-refractivity contribution in [1.82, 2.24) is 9.80 Å². The van der Waals surface area contributed by atoms with Gasteiger partial charge in [0.05, 0.1) is 19.1 Å². The van der Waals surface area contributed by atoms with Gasteiger partial charge >= 0.3 is 12.1 Å². The molecule has 1 fully saturated rings. The van der Waals surface area contributed by atoms with Crippen molar-refractivity contribution >= 4 is 18.0 Å². The number of allylic oxidation sites excluding steroid dienone is 1. The van der Waals surface area contributed by atoms with Crippen LogP contribution in [0.1, 0.15) is 12.0 Å². The van der Waals surface area contributed by atoms with Crippen molar-refractivity contribution < 1.29 is 29.0 Å². The number of rotatable bonds is 8. The lowest BCUT2D eigenvalue weighted by Gasteiger charge is -2.36. The third-order valence-electron chi connectivity index (χ3n) is 4.61. The Morgan fingerprint density at radius 1 is 1.29 bits per heavy atom. The molecule has 1 heterocycles. The summed E-state index contributed by atoms with van der Waals surface area (Å²) in [5, 5.41) is 9.64. The lowest BCUT2D eigenvalue weighted by atomic mass is 9.93. The maximum absolute atomic E-state index is 13.1. The normalized spacial score (nSPS) is 16.0. The molecule has 1 aromatic rings. The minimum Gasteiger partial charge on any atom is -0.481 e. The Kier molecular flexibility index (Phi) is 8.01. The average Bonchev–Trinajstić information content (AvgIpc) is 2.72. The molecule has 1 saturated heterocycles. The molecule has 0 aromatic heterocycles. The van der Waals surface area contributed by atoms with E-state index in [1.54, 1.807) is 12.1 Å². The highest BCUT2D eigenvalue weighted by Gasteiger charge is 2.41. The molecule has 0 aliphatic carbocycles. The van der Waals surface area contributed by atoms with Crippen LogP contribution in [0, 0.1) is 5.92 Å². The summed E-state index contributed by atoms with van der Waals surface area (Å²) >= 11 is 0. The molecule has 1 aliphatic heterocycles. The number of hydrogen-bond acceptors (Lipinski definition) is 5. The van der Waals surface area contributed by atoms with Gasteiger partial charge in [-0.25, -0.2) is 4.79 Å². The Labute approximate surface area is 164 Å². The fourth-order valence-electron chi connectivity index (χ4n) is 3.06. The summed E-state index contributed by atoms with van der Waals surface area (Å²) in [5.41, 5.74) is 0.793. The Balaban J connectivity index is 2.17. The van der Waals surface area contributed by atoms with Crippen LogP contribution in [0.2, 0.25) is 0 Å². The Morgan fingerprint density at radius 3 is 2.50 bits per heavy atom. The minimum atomic E-state index is -1.20. The van der Waals surface area contributed by atoms with Crippen LogP contribution in [0.25, 0.3) is 0 Å². The number of ether oxygens (including phenoxy) is 2. The second kappa shape index (κ2) is 10.5. The van der Waals surface area contributed by atoms with Crippen LogP contribution in [-0.4, -0.2) is 72.3 Å². The number of carbonyl (C=O) groups is 3. The highest BCUT2D eigenvalue weighted by molar-refractivity contribution is 5.90. The fourth-order valence-corrected chi connectivity index (χ4v) is 3.06. The molecular weight excluding hydrogens is 364 g/mol. The predicted molar refractivity (Wildman–Crippen MR) is 102 cm³/mol. The Hall–Kier alpha value is -2.87. The summed E-state index contributed by atoms with van der Waals surface area (Å²) in [4.78, 5) is 40.0. The number of carboxylic acid groups (broad SMARTS) is 1. The Morgan fingerprint density at radius 2 is 1.93 bits per heavy atom. The number of carboxylic acids is 1. The van der Waals surface area contributed by atoms with Crippen molar-refractivity contribution in [3.63, 3.8) is 0 Å². The number of nitrogens with zero attached hydrogens (tertiary/aromatic N) is 2. The summed E-state index contributed by atoms with van der Waals surface area (Å²) < 4.78 is 10.5. The lowest BCUT2D eigenvalue weighted by molar-refractivity contribution is -0.152. The van der Waals surface area contributed by atoms with Gasteiger partial charge in [0.25, 0.3) is 0 Å². The third kappa shape index (κ3) is 5.56. The van der Waals surface area contributed by atoms with Crippen LogP contribution in [0.4, 0.5) is 4.79 Å². The van der Waals surface area contributed by atoms with Gasteiger partial charge < -0.3 is 19.5 Å². The first-order valence-corrected chi connectivity index (χ1v) is 9.09. The van der Waals surface area contributed by atoms with E-state index in [2.05, 4.69) is 6.58 Å². The molecule has 8 heteroatoms. The van der Waals surface area contributed by atoms with Gasteiger partial charge in [-0.15, -0.1) is 6.58 Å². The maximum atomic E-state index is 13.1. The van der Waals surface area contributed by atoms with Crippen molar-refractivity contribution in [2.24, 2.45) is 5.92 Å². The number of hydrogen-bond donors (Lipinski definition) is 1. The van der Waals surface area contributed by atoms with E-state index in [1.807, 2.05) is 18.2 Å². The first-order valence-electron chi connectivity index (χ1n) is 9.09. The highest BCUT2D eigenvalue weighted by atomic mass is 16.6. The van der Waals surface area contributed by atoms with Gasteiger partial charge in [0.2, 0.25) is 5.91 Å². The topological polar surface area (TPSA) is 96.4 Å². The molecule has 8 nitrogen and oxygen atoms in total. The van der Waals surface area contributed by atoms with E-state index in [9.17, 15) is 19.5 Å². The fraction of sp³-hybridized carbons (Fsp3) is 0.450. The van der Waals surface area contributed by atoms with Gasteiger partial charge in [0.1, 0.15) is 12.6 Å². The van der Waals surface area contributed by atoms with Gasteiger partial charge in [0.15, 0.2) is 0 Å². The first kappa shape index (κ1) is 21.4. The summed E-state index contributed by atoms with van der Waals surface area (Å²) in [6.45, 7) is 5.05. The molecule has 1 aliphatic rings. The summed E-state index contributed by atoms with van der Waals surface area (Å²) in [6.07, 6.45) is 0.722. The largest absolute Gasteiger partial charge is 0.481 e. The number of carbonyl (C=O) groups excluding carboxylic acids is 2. The molecule has 1 aromatic carbocycles. The van der Waals surface area contributed by atoms with Gasteiger partial charge in [-0.05, 0) is 12.0 Å². The molecule has 28 heavy (non-hydrogen) atoms. The number of aliphatic carboxylic acids is 1. The van der Waals surface area contributed by atoms with Gasteiger partial charge in [-0.1, -0.05) is 36.4 Å². The lowest BCUT2D eigenvalue weighted by Crippen LogP contribution is -2.56. The van der Waals surface area contributed by atoms with Crippen LogP contribution >= 0.6 is 0 Å². The highest BCUT2D eigenvalue weighted by Crippen LogP contribution is 2.20. The quantitative estimate of drug-likeness (QED) is 0.680. The van der Waals surface area contributed by atoms with Crippen LogP contribution in [0.3, 0.4) is 0 Å². The monoisotopic (exact) mass is 390 g/mol. The van der Waals surface area contributed by atoms with Crippen molar-refractivity contribution in [3.8, 4) is 0 Å². The zero-order valence-electron chi connectivity index (χ0n) is 16.0. The number of likely N-dealkylation sites (N-methyl/N-ethyl adjacent to an activating group) is 1. The van der Waals surface area contributed by atoms with Crippen LogP contribution in [0.5, 0.6) is 0 Å². The summed E-state index contributed by atoms with van der Waals surface area (Å²) in [6, 6.07) is 7.91. The molecule has 152 valence electrons.